The van der Waals surface area contributed by atoms with Crippen molar-refractivity contribution in [2.75, 3.05) is 0 Å². The fourth-order valence-corrected chi connectivity index (χ4v) is 4.71. The van der Waals surface area contributed by atoms with Crippen molar-refractivity contribution in [1.82, 2.24) is 15.1 Å². The van der Waals surface area contributed by atoms with Gasteiger partial charge in [0.15, 0.2) is 5.16 Å². The molecule has 3 heterocycles. The second kappa shape index (κ2) is 6.56. The Morgan fingerprint density at radius 2 is 2.14 bits per heavy atom. The SMILES string of the molecule is CCCc1cc2c(Cl)nc(SCc3c(C)noc3C)nc2s1. The van der Waals surface area contributed by atoms with Crippen molar-refractivity contribution in [1.29, 1.82) is 0 Å². The van der Waals surface area contributed by atoms with E-state index in [0.717, 1.165) is 45.8 Å². The Morgan fingerprint density at radius 1 is 1.32 bits per heavy atom. The minimum Gasteiger partial charge on any atom is -0.361 e. The van der Waals surface area contributed by atoms with Gasteiger partial charge >= 0.3 is 0 Å². The molecule has 0 fully saturated rings. The van der Waals surface area contributed by atoms with Gasteiger partial charge in [0.2, 0.25) is 0 Å². The van der Waals surface area contributed by atoms with Crippen LogP contribution in [0.3, 0.4) is 0 Å². The van der Waals surface area contributed by atoms with Crippen LogP contribution in [0.15, 0.2) is 15.7 Å². The van der Waals surface area contributed by atoms with Crippen molar-refractivity contribution in [2.45, 2.75) is 44.5 Å². The van der Waals surface area contributed by atoms with Crippen molar-refractivity contribution >= 4 is 44.9 Å². The number of aryl methyl sites for hydroxylation is 3. The third kappa shape index (κ3) is 3.14. The third-order valence-corrected chi connectivity index (χ3v) is 5.65. The number of fused-ring (bicyclic) bond motifs is 1. The summed E-state index contributed by atoms with van der Waals surface area (Å²) in [5, 5.41) is 6.15. The maximum absolute atomic E-state index is 6.31. The van der Waals surface area contributed by atoms with Gasteiger partial charge in [-0.1, -0.05) is 41.9 Å². The Balaban J connectivity index is 1.85. The van der Waals surface area contributed by atoms with Gasteiger partial charge in [0, 0.05) is 21.6 Å². The molecule has 0 aliphatic rings. The average molecular weight is 354 g/mol. The lowest BCUT2D eigenvalue weighted by molar-refractivity contribution is 0.392. The molecule has 0 saturated heterocycles. The van der Waals surface area contributed by atoms with E-state index < -0.39 is 0 Å². The molecule has 0 aliphatic carbocycles. The summed E-state index contributed by atoms with van der Waals surface area (Å²) in [7, 11) is 0. The molecule has 0 bridgehead atoms. The number of aromatic nitrogens is 3. The molecule has 22 heavy (non-hydrogen) atoms. The topological polar surface area (TPSA) is 51.8 Å². The van der Waals surface area contributed by atoms with Crippen molar-refractivity contribution in [2.24, 2.45) is 0 Å². The van der Waals surface area contributed by atoms with Crippen LogP contribution in [0.2, 0.25) is 5.15 Å². The summed E-state index contributed by atoms with van der Waals surface area (Å²) >= 11 is 9.57. The second-order valence-electron chi connectivity index (χ2n) is 5.07. The smallest absolute Gasteiger partial charge is 0.190 e. The van der Waals surface area contributed by atoms with Crippen LogP contribution in [0.4, 0.5) is 0 Å². The fourth-order valence-electron chi connectivity index (χ4n) is 2.20. The summed E-state index contributed by atoms with van der Waals surface area (Å²) in [6, 6.07) is 2.11. The normalized spacial score (nSPS) is 11.5. The molecule has 0 aromatic carbocycles. The molecule has 116 valence electrons. The van der Waals surface area contributed by atoms with Gasteiger partial charge < -0.3 is 4.52 Å². The van der Waals surface area contributed by atoms with E-state index >= 15 is 0 Å². The van der Waals surface area contributed by atoms with Gasteiger partial charge in [-0.2, -0.15) is 0 Å². The van der Waals surface area contributed by atoms with Gasteiger partial charge in [-0.15, -0.1) is 11.3 Å². The summed E-state index contributed by atoms with van der Waals surface area (Å²) in [6.45, 7) is 6.03. The molecule has 0 N–H and O–H groups in total. The largest absolute Gasteiger partial charge is 0.361 e. The van der Waals surface area contributed by atoms with Gasteiger partial charge in [0.1, 0.15) is 15.7 Å². The summed E-state index contributed by atoms with van der Waals surface area (Å²) in [5.41, 5.74) is 2.02. The number of hydrogen-bond donors (Lipinski definition) is 0. The molecular formula is C15H16ClN3OS2. The van der Waals surface area contributed by atoms with Gasteiger partial charge in [-0.25, -0.2) is 9.97 Å². The van der Waals surface area contributed by atoms with Gasteiger partial charge in [0.25, 0.3) is 0 Å². The van der Waals surface area contributed by atoms with Crippen molar-refractivity contribution in [3.63, 3.8) is 0 Å². The Bertz CT molecular complexity index is 793. The number of halogens is 1. The first-order valence-corrected chi connectivity index (χ1v) is 9.27. The maximum atomic E-state index is 6.31. The predicted octanol–water partition coefficient (Wildman–Crippen LogP) is 5.19. The Kier molecular flexibility index (Phi) is 4.70. The van der Waals surface area contributed by atoms with E-state index in [0.29, 0.717) is 10.3 Å². The monoisotopic (exact) mass is 353 g/mol. The van der Waals surface area contributed by atoms with Crippen LogP contribution in [-0.2, 0) is 12.2 Å². The Labute approximate surface area is 142 Å². The first kappa shape index (κ1) is 15.8. The van der Waals surface area contributed by atoms with Crippen molar-refractivity contribution in [3.05, 3.63) is 33.1 Å². The minimum absolute atomic E-state index is 0.532. The van der Waals surface area contributed by atoms with Gasteiger partial charge in [0.05, 0.1) is 5.69 Å². The molecule has 3 aromatic rings. The predicted molar refractivity (Wildman–Crippen MR) is 92.0 cm³/mol. The molecule has 0 amide bonds. The molecule has 4 nitrogen and oxygen atoms in total. The summed E-state index contributed by atoms with van der Waals surface area (Å²) in [6.07, 6.45) is 2.17. The standard InChI is InChI=1S/C15H16ClN3OS2/c1-4-5-10-6-11-13(16)17-15(18-14(11)22-10)21-7-12-8(2)19-20-9(12)3/h6H,4-5,7H2,1-3H3. The molecule has 3 rings (SSSR count). The molecule has 0 unspecified atom stereocenters. The first-order chi connectivity index (χ1) is 10.6. The summed E-state index contributed by atoms with van der Waals surface area (Å²) in [4.78, 5) is 11.3. The highest BCUT2D eigenvalue weighted by atomic mass is 35.5. The molecule has 7 heteroatoms. The summed E-state index contributed by atoms with van der Waals surface area (Å²) < 4.78 is 5.18. The molecule has 0 saturated carbocycles. The number of thioether (sulfide) groups is 1. The van der Waals surface area contributed by atoms with E-state index in [1.165, 1.54) is 4.88 Å². The minimum atomic E-state index is 0.532. The lowest BCUT2D eigenvalue weighted by atomic mass is 10.2. The molecule has 0 spiro atoms. The van der Waals surface area contributed by atoms with Crippen LogP contribution in [0.1, 0.15) is 35.2 Å². The highest BCUT2D eigenvalue weighted by Crippen LogP contribution is 2.32. The zero-order chi connectivity index (χ0) is 15.7. The second-order valence-corrected chi connectivity index (χ2v) is 7.49. The van der Waals surface area contributed by atoms with Crippen molar-refractivity contribution in [3.8, 4) is 0 Å². The quantitative estimate of drug-likeness (QED) is 0.358. The van der Waals surface area contributed by atoms with Gasteiger partial charge in [-0.05, 0) is 26.3 Å². The van der Waals surface area contributed by atoms with Crippen LogP contribution < -0.4 is 0 Å². The van der Waals surface area contributed by atoms with E-state index in [2.05, 4.69) is 28.1 Å². The van der Waals surface area contributed by atoms with Crippen molar-refractivity contribution < 1.29 is 4.52 Å². The Morgan fingerprint density at radius 3 is 2.82 bits per heavy atom. The maximum Gasteiger partial charge on any atom is 0.190 e. The fraction of sp³-hybridized carbons (Fsp3) is 0.400. The van der Waals surface area contributed by atoms with Crippen LogP contribution in [0.25, 0.3) is 10.2 Å². The average Bonchev–Trinajstić information content (AvgIpc) is 3.02. The molecule has 0 radical (unpaired) electrons. The zero-order valence-electron chi connectivity index (χ0n) is 12.6. The lowest BCUT2D eigenvalue weighted by Gasteiger charge is -2.01. The molecule has 0 atom stereocenters. The first-order valence-electron chi connectivity index (χ1n) is 7.09. The van der Waals surface area contributed by atoms with E-state index in [-0.39, 0.29) is 0 Å². The third-order valence-electron chi connectivity index (χ3n) is 3.40. The highest BCUT2D eigenvalue weighted by Gasteiger charge is 2.13. The number of nitrogens with zero attached hydrogens (tertiary/aromatic N) is 3. The zero-order valence-corrected chi connectivity index (χ0v) is 15.0. The summed E-state index contributed by atoms with van der Waals surface area (Å²) in [5.74, 6) is 1.58. The molecule has 3 aromatic heterocycles. The molecular weight excluding hydrogens is 338 g/mol. The van der Waals surface area contributed by atoms with E-state index in [4.69, 9.17) is 16.1 Å². The highest BCUT2D eigenvalue weighted by molar-refractivity contribution is 7.98. The van der Waals surface area contributed by atoms with E-state index in [1.807, 2.05) is 13.8 Å². The number of hydrogen-bond acceptors (Lipinski definition) is 6. The number of rotatable bonds is 5. The van der Waals surface area contributed by atoms with E-state index in [1.54, 1.807) is 23.1 Å². The van der Waals surface area contributed by atoms with Crippen LogP contribution in [-0.4, -0.2) is 15.1 Å². The van der Waals surface area contributed by atoms with E-state index in [9.17, 15) is 0 Å². The van der Waals surface area contributed by atoms with Crippen LogP contribution in [0, 0.1) is 13.8 Å². The van der Waals surface area contributed by atoms with Crippen LogP contribution >= 0.6 is 34.7 Å². The Hall–Kier alpha value is -1.11. The lowest BCUT2D eigenvalue weighted by Crippen LogP contribution is -1.90. The van der Waals surface area contributed by atoms with Gasteiger partial charge in [-0.3, -0.25) is 0 Å². The number of thiophene rings is 1. The van der Waals surface area contributed by atoms with Crippen LogP contribution in [0.5, 0.6) is 0 Å². The molecule has 0 aliphatic heterocycles.